The average molecular weight is 317 g/mol. The van der Waals surface area contributed by atoms with Crippen molar-refractivity contribution in [1.29, 1.82) is 0 Å². The molecule has 1 aromatic heterocycles. The highest BCUT2D eigenvalue weighted by Gasteiger charge is 2.24. The van der Waals surface area contributed by atoms with Crippen LogP contribution in [0.4, 0.5) is 0 Å². The van der Waals surface area contributed by atoms with Crippen molar-refractivity contribution in [2.75, 3.05) is 39.8 Å². The molecule has 2 heterocycles. The lowest BCUT2D eigenvalue weighted by Crippen LogP contribution is -2.49. The van der Waals surface area contributed by atoms with Crippen LogP contribution in [0.5, 0.6) is 0 Å². The van der Waals surface area contributed by atoms with E-state index in [-0.39, 0.29) is 36.5 Å². The summed E-state index contributed by atoms with van der Waals surface area (Å²) in [6, 6.07) is 0. The van der Waals surface area contributed by atoms with Gasteiger partial charge in [0, 0.05) is 40.2 Å². The first-order valence-electron chi connectivity index (χ1n) is 6.67. The Balaban J connectivity index is 0.00000220. The van der Waals surface area contributed by atoms with E-state index in [9.17, 15) is 9.59 Å². The van der Waals surface area contributed by atoms with Gasteiger partial charge in [0.15, 0.2) is 5.89 Å². The van der Waals surface area contributed by atoms with Gasteiger partial charge in [-0.05, 0) is 6.92 Å². The summed E-state index contributed by atoms with van der Waals surface area (Å²) >= 11 is 0. The van der Waals surface area contributed by atoms with E-state index in [4.69, 9.17) is 4.42 Å². The number of aryl methyl sites for hydroxylation is 2. The van der Waals surface area contributed by atoms with E-state index in [1.807, 2.05) is 0 Å². The predicted octanol–water partition coefficient (Wildman–Crippen LogP) is 0.217. The van der Waals surface area contributed by atoms with Crippen molar-refractivity contribution in [2.45, 2.75) is 13.8 Å². The van der Waals surface area contributed by atoms with Gasteiger partial charge in [-0.2, -0.15) is 0 Å². The molecule has 8 heteroatoms. The third-order valence-electron chi connectivity index (χ3n) is 3.29. The van der Waals surface area contributed by atoms with Crippen LogP contribution in [0, 0.1) is 13.8 Å². The van der Waals surface area contributed by atoms with Crippen LogP contribution in [0.1, 0.15) is 22.1 Å². The number of carbonyl (C=O) groups is 2. The smallest absolute Gasteiger partial charge is 0.291 e. The van der Waals surface area contributed by atoms with Crippen LogP contribution in [-0.2, 0) is 4.79 Å². The molecule has 0 radical (unpaired) electrons. The fourth-order valence-electron chi connectivity index (χ4n) is 2.19. The molecular formula is C13H21ClN4O3. The highest BCUT2D eigenvalue weighted by molar-refractivity contribution is 5.94. The molecule has 0 saturated carbocycles. The summed E-state index contributed by atoms with van der Waals surface area (Å²) in [5.41, 5.74) is 0.550. The summed E-state index contributed by atoms with van der Waals surface area (Å²) in [6.07, 6.45) is 0. The first-order chi connectivity index (χ1) is 9.49. The van der Waals surface area contributed by atoms with Crippen molar-refractivity contribution in [3.05, 3.63) is 17.3 Å². The summed E-state index contributed by atoms with van der Waals surface area (Å²) < 4.78 is 5.29. The Labute approximate surface area is 130 Å². The Morgan fingerprint density at radius 2 is 1.95 bits per heavy atom. The minimum atomic E-state index is -0.313. The summed E-state index contributed by atoms with van der Waals surface area (Å²) in [7, 11) is 1.60. The van der Waals surface area contributed by atoms with Gasteiger partial charge >= 0.3 is 0 Å². The minimum absolute atomic E-state index is 0. The number of nitrogens with zero attached hydrogens (tertiary/aromatic N) is 3. The van der Waals surface area contributed by atoms with E-state index in [0.29, 0.717) is 24.7 Å². The highest BCUT2D eigenvalue weighted by atomic mass is 35.5. The van der Waals surface area contributed by atoms with E-state index in [2.05, 4.69) is 10.3 Å². The SMILES string of the molecule is Cc1nc(C)c(C(=O)N(C)CC(=O)N2CCNCC2)o1.Cl. The van der Waals surface area contributed by atoms with E-state index < -0.39 is 0 Å². The second kappa shape index (κ2) is 7.42. The molecule has 1 fully saturated rings. The number of amides is 2. The van der Waals surface area contributed by atoms with E-state index in [1.54, 1.807) is 25.8 Å². The van der Waals surface area contributed by atoms with Crippen molar-refractivity contribution in [3.63, 3.8) is 0 Å². The predicted molar refractivity (Wildman–Crippen MR) is 79.6 cm³/mol. The second-order valence-corrected chi connectivity index (χ2v) is 4.94. The molecular weight excluding hydrogens is 296 g/mol. The van der Waals surface area contributed by atoms with Gasteiger partial charge in [0.2, 0.25) is 11.7 Å². The lowest BCUT2D eigenvalue weighted by atomic mass is 10.3. The zero-order valence-electron chi connectivity index (χ0n) is 12.5. The zero-order valence-corrected chi connectivity index (χ0v) is 13.3. The van der Waals surface area contributed by atoms with Gasteiger partial charge in [0.1, 0.15) is 0 Å². The number of hydrogen-bond donors (Lipinski definition) is 1. The maximum atomic E-state index is 12.2. The van der Waals surface area contributed by atoms with Gasteiger partial charge in [-0.3, -0.25) is 9.59 Å². The molecule has 2 amide bonds. The molecule has 1 aliphatic heterocycles. The molecule has 118 valence electrons. The fraction of sp³-hybridized carbons (Fsp3) is 0.615. The summed E-state index contributed by atoms with van der Waals surface area (Å²) in [6.45, 7) is 6.42. The maximum absolute atomic E-state index is 12.2. The highest BCUT2D eigenvalue weighted by Crippen LogP contribution is 2.11. The average Bonchev–Trinajstić information content (AvgIpc) is 2.77. The van der Waals surface area contributed by atoms with Crippen LogP contribution in [0.2, 0.25) is 0 Å². The first-order valence-corrected chi connectivity index (χ1v) is 6.67. The number of likely N-dealkylation sites (N-methyl/N-ethyl adjacent to an activating group) is 1. The van der Waals surface area contributed by atoms with Gasteiger partial charge in [-0.25, -0.2) is 4.98 Å². The van der Waals surface area contributed by atoms with E-state index in [1.165, 1.54) is 4.90 Å². The second-order valence-electron chi connectivity index (χ2n) is 4.94. The molecule has 0 spiro atoms. The van der Waals surface area contributed by atoms with Gasteiger partial charge in [0.25, 0.3) is 5.91 Å². The normalized spacial score (nSPS) is 14.5. The quantitative estimate of drug-likeness (QED) is 0.863. The molecule has 2 rings (SSSR count). The number of aromatic nitrogens is 1. The first kappa shape index (κ1) is 17.5. The molecule has 1 N–H and O–H groups in total. The number of oxazole rings is 1. The lowest BCUT2D eigenvalue weighted by molar-refractivity contribution is -0.132. The van der Waals surface area contributed by atoms with Gasteiger partial charge in [-0.1, -0.05) is 0 Å². The molecule has 0 bridgehead atoms. The number of carbonyl (C=O) groups excluding carboxylic acids is 2. The number of nitrogens with one attached hydrogen (secondary N) is 1. The number of rotatable bonds is 3. The third-order valence-corrected chi connectivity index (χ3v) is 3.29. The Morgan fingerprint density at radius 3 is 2.48 bits per heavy atom. The molecule has 0 unspecified atom stereocenters. The Kier molecular flexibility index (Phi) is 6.17. The van der Waals surface area contributed by atoms with Crippen molar-refractivity contribution in [2.24, 2.45) is 0 Å². The molecule has 0 aliphatic carbocycles. The van der Waals surface area contributed by atoms with E-state index >= 15 is 0 Å². The topological polar surface area (TPSA) is 78.7 Å². The van der Waals surface area contributed by atoms with Crippen molar-refractivity contribution < 1.29 is 14.0 Å². The molecule has 1 saturated heterocycles. The summed E-state index contributed by atoms with van der Waals surface area (Å²) in [5, 5.41) is 3.18. The lowest BCUT2D eigenvalue weighted by Gasteiger charge is -2.29. The molecule has 0 aromatic carbocycles. The maximum Gasteiger partial charge on any atom is 0.291 e. The Morgan fingerprint density at radius 1 is 1.33 bits per heavy atom. The van der Waals surface area contributed by atoms with Crippen molar-refractivity contribution in [1.82, 2.24) is 20.1 Å². The monoisotopic (exact) mass is 316 g/mol. The number of piperazine rings is 1. The Hall–Kier alpha value is -1.60. The fourth-order valence-corrected chi connectivity index (χ4v) is 2.19. The molecule has 1 aliphatic rings. The van der Waals surface area contributed by atoms with Crippen LogP contribution in [0.3, 0.4) is 0 Å². The minimum Gasteiger partial charge on any atom is -0.436 e. The number of halogens is 1. The molecule has 0 atom stereocenters. The third kappa shape index (κ3) is 4.18. The number of hydrogen-bond acceptors (Lipinski definition) is 5. The van der Waals surface area contributed by atoms with Gasteiger partial charge in [0.05, 0.1) is 12.2 Å². The Bertz CT molecular complexity index is 512. The molecule has 7 nitrogen and oxygen atoms in total. The molecule has 21 heavy (non-hydrogen) atoms. The van der Waals surface area contributed by atoms with Crippen LogP contribution in [0.15, 0.2) is 4.42 Å². The summed E-state index contributed by atoms with van der Waals surface area (Å²) in [5.74, 6) is 0.300. The summed E-state index contributed by atoms with van der Waals surface area (Å²) in [4.78, 5) is 31.5. The largest absolute Gasteiger partial charge is 0.436 e. The van der Waals surface area contributed by atoms with Crippen molar-refractivity contribution >= 4 is 24.2 Å². The van der Waals surface area contributed by atoms with Crippen molar-refractivity contribution in [3.8, 4) is 0 Å². The van der Waals surface area contributed by atoms with E-state index in [0.717, 1.165) is 13.1 Å². The van der Waals surface area contributed by atoms with Gasteiger partial charge < -0.3 is 19.5 Å². The molecule has 1 aromatic rings. The van der Waals surface area contributed by atoms with Crippen LogP contribution < -0.4 is 5.32 Å². The van der Waals surface area contributed by atoms with Crippen LogP contribution in [-0.4, -0.2) is 66.4 Å². The zero-order chi connectivity index (χ0) is 14.7. The van der Waals surface area contributed by atoms with Crippen LogP contribution >= 0.6 is 12.4 Å². The standard InChI is InChI=1S/C13H20N4O3.ClH/c1-9-12(20-10(2)15-9)13(19)16(3)8-11(18)17-6-4-14-5-7-17;/h14H,4-8H2,1-3H3;1H. The van der Waals surface area contributed by atoms with Gasteiger partial charge in [-0.15, -0.1) is 12.4 Å². The van der Waals surface area contributed by atoms with Crippen LogP contribution in [0.25, 0.3) is 0 Å².